The average molecular weight is 269 g/mol. The summed E-state index contributed by atoms with van der Waals surface area (Å²) in [6.07, 6.45) is 1.83. The zero-order valence-electron chi connectivity index (χ0n) is 11.7. The van der Waals surface area contributed by atoms with Gasteiger partial charge < -0.3 is 10.2 Å². The number of nitrogens with one attached hydrogen (secondary N) is 1. The Morgan fingerprint density at radius 2 is 1.65 bits per heavy atom. The van der Waals surface area contributed by atoms with Crippen molar-refractivity contribution >= 4 is 5.69 Å². The van der Waals surface area contributed by atoms with Crippen LogP contribution in [0.4, 0.5) is 5.69 Å². The molecule has 104 valence electrons. The predicted octanol–water partition coefficient (Wildman–Crippen LogP) is 1.56. The Morgan fingerprint density at radius 1 is 1.00 bits per heavy atom. The molecule has 3 rings (SSSR count). The summed E-state index contributed by atoms with van der Waals surface area (Å²) in [4.78, 5) is 14.3. The number of hydrogen-bond donors (Lipinski definition) is 1. The lowest BCUT2D eigenvalue weighted by atomic mass is 10.2. The van der Waals surface area contributed by atoms with E-state index < -0.39 is 0 Å². The van der Waals surface area contributed by atoms with Crippen LogP contribution in [-0.2, 0) is 0 Å². The molecular weight excluding hydrogens is 250 g/mol. The molecule has 4 heteroatoms. The van der Waals surface area contributed by atoms with Gasteiger partial charge in [-0.3, -0.25) is 9.36 Å². The van der Waals surface area contributed by atoms with Crippen LogP contribution in [0, 0.1) is 6.92 Å². The second kappa shape index (κ2) is 5.51. The minimum absolute atomic E-state index is 0.0138. The van der Waals surface area contributed by atoms with Gasteiger partial charge in [-0.2, -0.15) is 0 Å². The van der Waals surface area contributed by atoms with Crippen LogP contribution in [0.1, 0.15) is 5.56 Å². The van der Waals surface area contributed by atoms with Crippen molar-refractivity contribution in [3.8, 4) is 5.69 Å². The van der Waals surface area contributed by atoms with E-state index in [1.165, 1.54) is 5.69 Å². The van der Waals surface area contributed by atoms with Crippen LogP contribution in [0.3, 0.4) is 0 Å². The average Bonchev–Trinajstić information content (AvgIpc) is 2.48. The van der Waals surface area contributed by atoms with E-state index in [1.54, 1.807) is 10.6 Å². The summed E-state index contributed by atoms with van der Waals surface area (Å²) in [5, 5.41) is 3.35. The van der Waals surface area contributed by atoms with E-state index in [0.29, 0.717) is 0 Å². The lowest BCUT2D eigenvalue weighted by molar-refractivity contribution is 0.589. The fourth-order valence-corrected chi connectivity index (χ4v) is 2.54. The molecule has 2 aromatic rings. The molecule has 0 aliphatic carbocycles. The smallest absolute Gasteiger partial charge is 0.255 e. The summed E-state index contributed by atoms with van der Waals surface area (Å²) >= 11 is 0. The van der Waals surface area contributed by atoms with Crippen LogP contribution in [-0.4, -0.2) is 30.7 Å². The molecule has 1 saturated heterocycles. The first-order chi connectivity index (χ1) is 9.74. The van der Waals surface area contributed by atoms with E-state index in [9.17, 15) is 4.79 Å². The summed E-state index contributed by atoms with van der Waals surface area (Å²) < 4.78 is 1.68. The highest BCUT2D eigenvalue weighted by Gasteiger charge is 2.10. The van der Waals surface area contributed by atoms with E-state index >= 15 is 0 Å². The minimum Gasteiger partial charge on any atom is -0.369 e. The van der Waals surface area contributed by atoms with Crippen molar-refractivity contribution in [1.29, 1.82) is 0 Å². The van der Waals surface area contributed by atoms with Gasteiger partial charge in [-0.25, -0.2) is 0 Å². The van der Waals surface area contributed by atoms with Gasteiger partial charge in [0.2, 0.25) is 0 Å². The lowest BCUT2D eigenvalue weighted by Crippen LogP contribution is -2.43. The Kier molecular flexibility index (Phi) is 3.56. The van der Waals surface area contributed by atoms with Gasteiger partial charge in [0.15, 0.2) is 0 Å². The molecule has 2 heterocycles. The van der Waals surface area contributed by atoms with Gasteiger partial charge in [0.1, 0.15) is 0 Å². The van der Waals surface area contributed by atoms with E-state index in [2.05, 4.69) is 22.3 Å². The van der Waals surface area contributed by atoms with Gasteiger partial charge in [0.25, 0.3) is 5.56 Å². The standard InChI is InChI=1S/C16H19N3O/c1-13-6-9-19(16(20)12-13)15-4-2-14(3-5-15)18-10-7-17-8-11-18/h2-6,9,12,17H,7-8,10-11H2,1H3. The molecule has 0 amide bonds. The maximum atomic E-state index is 12.0. The van der Waals surface area contributed by atoms with Crippen molar-refractivity contribution < 1.29 is 0 Å². The van der Waals surface area contributed by atoms with Crippen molar-refractivity contribution in [3.63, 3.8) is 0 Å². The molecule has 0 atom stereocenters. The molecule has 0 spiro atoms. The first-order valence-electron chi connectivity index (χ1n) is 6.99. The highest BCUT2D eigenvalue weighted by molar-refractivity contribution is 5.51. The number of piperazine rings is 1. The number of rotatable bonds is 2. The minimum atomic E-state index is 0.0138. The molecule has 0 radical (unpaired) electrons. The van der Waals surface area contributed by atoms with Crippen molar-refractivity contribution in [1.82, 2.24) is 9.88 Å². The van der Waals surface area contributed by atoms with Crippen molar-refractivity contribution in [2.45, 2.75) is 6.92 Å². The number of hydrogen-bond acceptors (Lipinski definition) is 3. The molecule has 0 bridgehead atoms. The monoisotopic (exact) mass is 269 g/mol. The zero-order chi connectivity index (χ0) is 13.9. The molecule has 1 aromatic carbocycles. The Bertz CT molecular complexity index is 640. The van der Waals surface area contributed by atoms with Crippen LogP contribution in [0.5, 0.6) is 0 Å². The molecule has 1 aliphatic heterocycles. The van der Waals surface area contributed by atoms with E-state index in [4.69, 9.17) is 0 Å². The molecule has 20 heavy (non-hydrogen) atoms. The van der Waals surface area contributed by atoms with Crippen molar-refractivity contribution in [3.05, 3.63) is 58.5 Å². The Morgan fingerprint density at radius 3 is 2.30 bits per heavy atom. The summed E-state index contributed by atoms with van der Waals surface area (Å²) in [5.74, 6) is 0. The Hall–Kier alpha value is -2.07. The number of benzene rings is 1. The third-order valence-corrected chi connectivity index (χ3v) is 3.69. The Balaban J connectivity index is 1.87. The zero-order valence-corrected chi connectivity index (χ0v) is 11.7. The van der Waals surface area contributed by atoms with Crippen LogP contribution < -0.4 is 15.8 Å². The normalized spacial score (nSPS) is 15.3. The Labute approximate surface area is 118 Å². The van der Waals surface area contributed by atoms with Gasteiger partial charge >= 0.3 is 0 Å². The van der Waals surface area contributed by atoms with Crippen molar-refractivity contribution in [2.24, 2.45) is 0 Å². The van der Waals surface area contributed by atoms with Crippen LogP contribution in [0.15, 0.2) is 47.4 Å². The number of anilines is 1. The molecule has 1 aliphatic rings. The van der Waals surface area contributed by atoms with E-state index in [1.807, 2.05) is 31.3 Å². The quantitative estimate of drug-likeness (QED) is 0.899. The fraction of sp³-hybridized carbons (Fsp3) is 0.312. The van der Waals surface area contributed by atoms with Gasteiger partial charge in [0.05, 0.1) is 0 Å². The van der Waals surface area contributed by atoms with E-state index in [-0.39, 0.29) is 5.56 Å². The van der Waals surface area contributed by atoms with Crippen molar-refractivity contribution in [2.75, 3.05) is 31.1 Å². The molecule has 0 unspecified atom stereocenters. The number of nitrogens with zero attached hydrogens (tertiary/aromatic N) is 2. The summed E-state index contributed by atoms with van der Waals surface area (Å²) in [6.45, 7) is 6.05. The third kappa shape index (κ3) is 2.60. The van der Waals surface area contributed by atoms with Crippen LogP contribution in [0.25, 0.3) is 5.69 Å². The second-order valence-corrected chi connectivity index (χ2v) is 5.17. The molecular formula is C16H19N3O. The highest BCUT2D eigenvalue weighted by Crippen LogP contribution is 2.17. The first-order valence-corrected chi connectivity index (χ1v) is 6.99. The van der Waals surface area contributed by atoms with Crippen LogP contribution in [0.2, 0.25) is 0 Å². The SMILES string of the molecule is Cc1ccn(-c2ccc(N3CCNCC3)cc2)c(=O)c1. The number of aromatic nitrogens is 1. The third-order valence-electron chi connectivity index (χ3n) is 3.69. The topological polar surface area (TPSA) is 37.3 Å². The molecule has 1 fully saturated rings. The summed E-state index contributed by atoms with van der Waals surface area (Å²) in [7, 11) is 0. The number of pyridine rings is 1. The predicted molar refractivity (Wildman–Crippen MR) is 81.9 cm³/mol. The van der Waals surface area contributed by atoms with Gasteiger partial charge in [-0.15, -0.1) is 0 Å². The fourth-order valence-electron chi connectivity index (χ4n) is 2.54. The first kappa shape index (κ1) is 12.9. The maximum Gasteiger partial charge on any atom is 0.255 e. The maximum absolute atomic E-state index is 12.0. The second-order valence-electron chi connectivity index (χ2n) is 5.17. The molecule has 4 nitrogen and oxygen atoms in total. The number of aryl methyl sites for hydroxylation is 1. The van der Waals surface area contributed by atoms with Crippen LogP contribution >= 0.6 is 0 Å². The molecule has 1 N–H and O–H groups in total. The van der Waals surface area contributed by atoms with E-state index in [0.717, 1.165) is 37.4 Å². The highest BCUT2D eigenvalue weighted by atomic mass is 16.1. The lowest BCUT2D eigenvalue weighted by Gasteiger charge is -2.29. The largest absolute Gasteiger partial charge is 0.369 e. The van der Waals surface area contributed by atoms with Gasteiger partial charge in [-0.1, -0.05) is 0 Å². The van der Waals surface area contributed by atoms with Gasteiger partial charge in [0, 0.05) is 49.8 Å². The summed E-state index contributed by atoms with van der Waals surface area (Å²) in [5.41, 5.74) is 3.13. The molecule has 0 saturated carbocycles. The molecule has 1 aromatic heterocycles. The summed E-state index contributed by atoms with van der Waals surface area (Å²) in [6, 6.07) is 11.8. The van der Waals surface area contributed by atoms with Gasteiger partial charge in [-0.05, 0) is 42.8 Å².